The number of aromatic nitrogens is 1. The Morgan fingerprint density at radius 3 is 2.21 bits per heavy atom. The van der Waals surface area contributed by atoms with E-state index in [2.05, 4.69) is 6.07 Å². The monoisotopic (exact) mass is 389 g/mol. The van der Waals surface area contributed by atoms with Gasteiger partial charge in [-0.25, -0.2) is 4.98 Å². The molecule has 144 valence electrons. The quantitative estimate of drug-likeness (QED) is 0.335. The van der Waals surface area contributed by atoms with Crippen molar-refractivity contribution in [2.45, 2.75) is 25.4 Å². The van der Waals surface area contributed by atoms with Gasteiger partial charge in [-0.3, -0.25) is 0 Å². The molecule has 1 nitrogen and oxygen atoms in total. The topological polar surface area (TPSA) is 12.9 Å². The fraction of sp³-hybridized carbons (Fsp3) is 0.160. The Morgan fingerprint density at radius 1 is 0.759 bits per heavy atom. The summed E-state index contributed by atoms with van der Waals surface area (Å²) in [6.07, 6.45) is -4.35. The Labute approximate surface area is 166 Å². The molecule has 0 saturated heterocycles. The second-order valence-electron chi connectivity index (χ2n) is 8.03. The first-order valence-electron chi connectivity index (χ1n) is 9.48. The lowest BCUT2D eigenvalue weighted by Crippen LogP contribution is -2.16. The van der Waals surface area contributed by atoms with Crippen molar-refractivity contribution in [3.05, 3.63) is 89.5 Å². The van der Waals surface area contributed by atoms with Gasteiger partial charge in [0.2, 0.25) is 0 Å². The Morgan fingerprint density at radius 2 is 1.45 bits per heavy atom. The summed E-state index contributed by atoms with van der Waals surface area (Å²) in [6, 6.07) is 22.1. The Kier molecular flexibility index (Phi) is 3.66. The lowest BCUT2D eigenvalue weighted by atomic mass is 9.81. The smallest absolute Gasteiger partial charge is 0.248 e. The molecule has 1 aromatic heterocycles. The Balaban J connectivity index is 1.65. The molecule has 0 amide bonds. The molecule has 0 radical (unpaired) electrons. The first-order chi connectivity index (χ1) is 13.7. The maximum atomic E-state index is 13.2. The first kappa shape index (κ1) is 17.9. The lowest BCUT2D eigenvalue weighted by Gasteiger charge is -2.22. The van der Waals surface area contributed by atoms with Crippen LogP contribution in [0, 0.1) is 0 Å². The van der Waals surface area contributed by atoms with E-state index >= 15 is 0 Å². The number of pyridine rings is 1. The number of rotatable bonds is 1. The van der Waals surface area contributed by atoms with Crippen LogP contribution < -0.4 is 0 Å². The van der Waals surface area contributed by atoms with Gasteiger partial charge in [0.1, 0.15) is 0 Å². The summed E-state index contributed by atoms with van der Waals surface area (Å²) in [7, 11) is 0. The van der Waals surface area contributed by atoms with Crippen molar-refractivity contribution >= 4 is 10.9 Å². The van der Waals surface area contributed by atoms with Gasteiger partial charge in [0.25, 0.3) is 0 Å². The van der Waals surface area contributed by atoms with Crippen LogP contribution in [0.15, 0.2) is 72.8 Å². The SMILES string of the molecule is CC1(C)c2cc(-c3ccc4ccccc4n3)ccc2-c2ccc(C(F)(F)F)cc21. The van der Waals surface area contributed by atoms with Crippen LogP contribution in [0.2, 0.25) is 0 Å². The van der Waals surface area contributed by atoms with Crippen molar-refractivity contribution in [1.29, 1.82) is 0 Å². The van der Waals surface area contributed by atoms with Crippen LogP contribution in [0.3, 0.4) is 0 Å². The van der Waals surface area contributed by atoms with Gasteiger partial charge in [0, 0.05) is 16.4 Å². The molecule has 0 fully saturated rings. The summed E-state index contributed by atoms with van der Waals surface area (Å²) in [5, 5.41) is 1.07. The van der Waals surface area contributed by atoms with Crippen LogP contribution in [0.1, 0.15) is 30.5 Å². The molecular formula is C25H18F3N. The highest BCUT2D eigenvalue weighted by atomic mass is 19.4. The Bertz CT molecular complexity index is 1270. The molecular weight excluding hydrogens is 371 g/mol. The molecule has 0 bridgehead atoms. The molecule has 4 aromatic rings. The van der Waals surface area contributed by atoms with E-state index in [1.807, 2.05) is 62.4 Å². The highest BCUT2D eigenvalue weighted by Gasteiger charge is 2.39. The van der Waals surface area contributed by atoms with E-state index in [-0.39, 0.29) is 0 Å². The van der Waals surface area contributed by atoms with E-state index in [0.29, 0.717) is 5.56 Å². The van der Waals surface area contributed by atoms with Crippen molar-refractivity contribution in [2.24, 2.45) is 0 Å². The lowest BCUT2D eigenvalue weighted by molar-refractivity contribution is -0.137. The van der Waals surface area contributed by atoms with Crippen molar-refractivity contribution in [3.63, 3.8) is 0 Å². The van der Waals surface area contributed by atoms with Crippen LogP contribution in [0.5, 0.6) is 0 Å². The van der Waals surface area contributed by atoms with E-state index in [1.165, 1.54) is 12.1 Å². The van der Waals surface area contributed by atoms with Crippen LogP contribution in [0.4, 0.5) is 13.2 Å². The minimum absolute atomic E-state index is 0.515. The molecule has 1 heterocycles. The Hall–Kier alpha value is -3.14. The van der Waals surface area contributed by atoms with Crippen molar-refractivity contribution in [2.75, 3.05) is 0 Å². The van der Waals surface area contributed by atoms with Crippen molar-refractivity contribution in [3.8, 4) is 22.4 Å². The highest BCUT2D eigenvalue weighted by Crippen LogP contribution is 2.50. The molecule has 1 aliphatic rings. The predicted molar refractivity (Wildman–Crippen MR) is 110 cm³/mol. The number of alkyl halides is 3. The van der Waals surface area contributed by atoms with Crippen LogP contribution >= 0.6 is 0 Å². The number of para-hydroxylation sites is 1. The molecule has 1 aliphatic carbocycles. The minimum atomic E-state index is -4.35. The van der Waals surface area contributed by atoms with Crippen LogP contribution in [-0.4, -0.2) is 4.98 Å². The van der Waals surface area contributed by atoms with Gasteiger partial charge in [-0.15, -0.1) is 0 Å². The second-order valence-corrected chi connectivity index (χ2v) is 8.03. The zero-order chi connectivity index (χ0) is 20.4. The molecule has 4 heteroatoms. The molecule has 0 atom stereocenters. The number of hydrogen-bond acceptors (Lipinski definition) is 1. The zero-order valence-electron chi connectivity index (χ0n) is 16.0. The first-order valence-corrected chi connectivity index (χ1v) is 9.48. The van der Waals surface area contributed by atoms with E-state index in [9.17, 15) is 13.2 Å². The van der Waals surface area contributed by atoms with Gasteiger partial charge >= 0.3 is 6.18 Å². The summed E-state index contributed by atoms with van der Waals surface area (Å²) in [5.41, 5.74) is 5.22. The second kappa shape index (κ2) is 5.93. The maximum absolute atomic E-state index is 13.2. The summed E-state index contributed by atoms with van der Waals surface area (Å²) >= 11 is 0. The van der Waals surface area contributed by atoms with Gasteiger partial charge in [0.15, 0.2) is 0 Å². The van der Waals surface area contributed by atoms with Gasteiger partial charge in [0.05, 0.1) is 16.8 Å². The van der Waals surface area contributed by atoms with Crippen molar-refractivity contribution < 1.29 is 13.2 Å². The third-order valence-electron chi connectivity index (χ3n) is 5.90. The average Bonchev–Trinajstić information content (AvgIpc) is 2.93. The van der Waals surface area contributed by atoms with Gasteiger partial charge in [-0.05, 0) is 52.6 Å². The number of hydrogen-bond donors (Lipinski definition) is 0. The number of benzene rings is 3. The maximum Gasteiger partial charge on any atom is 0.416 e. The standard InChI is InChI=1S/C25H18F3N/c1-24(2)20-13-16(23-12-8-15-5-3-4-6-22(15)29-23)7-10-18(20)19-11-9-17(14-21(19)24)25(26,27)28/h3-14H,1-2H3. The van der Waals surface area contributed by atoms with E-state index in [1.54, 1.807) is 6.07 Å². The summed E-state index contributed by atoms with van der Waals surface area (Å²) in [4.78, 5) is 4.77. The summed E-state index contributed by atoms with van der Waals surface area (Å²) < 4.78 is 39.7. The number of nitrogens with zero attached hydrogens (tertiary/aromatic N) is 1. The molecule has 29 heavy (non-hydrogen) atoms. The normalized spacial score (nSPS) is 14.7. The number of fused-ring (bicyclic) bond motifs is 4. The molecule has 0 spiro atoms. The molecule has 5 rings (SSSR count). The van der Waals surface area contributed by atoms with Crippen LogP contribution in [-0.2, 0) is 11.6 Å². The largest absolute Gasteiger partial charge is 0.416 e. The molecule has 0 unspecified atom stereocenters. The van der Waals surface area contributed by atoms with Gasteiger partial charge in [-0.2, -0.15) is 13.2 Å². The van der Waals surface area contributed by atoms with Crippen LogP contribution in [0.25, 0.3) is 33.3 Å². The average molecular weight is 389 g/mol. The van der Waals surface area contributed by atoms with E-state index in [4.69, 9.17) is 4.98 Å². The molecule has 3 aromatic carbocycles. The zero-order valence-corrected chi connectivity index (χ0v) is 16.0. The minimum Gasteiger partial charge on any atom is -0.248 e. The fourth-order valence-corrected chi connectivity index (χ4v) is 4.30. The molecule has 0 N–H and O–H groups in total. The van der Waals surface area contributed by atoms with E-state index in [0.717, 1.165) is 38.9 Å². The molecule has 0 saturated carbocycles. The summed E-state index contributed by atoms with van der Waals surface area (Å²) in [6.45, 7) is 3.96. The van der Waals surface area contributed by atoms with Crippen molar-refractivity contribution in [1.82, 2.24) is 4.98 Å². The highest BCUT2D eigenvalue weighted by molar-refractivity contribution is 5.85. The third kappa shape index (κ3) is 2.74. The van der Waals surface area contributed by atoms with Gasteiger partial charge in [-0.1, -0.05) is 56.3 Å². The molecule has 0 aliphatic heterocycles. The third-order valence-corrected chi connectivity index (χ3v) is 5.90. The number of halogens is 3. The van der Waals surface area contributed by atoms with Gasteiger partial charge < -0.3 is 0 Å². The summed E-state index contributed by atoms with van der Waals surface area (Å²) in [5.74, 6) is 0. The fourth-order valence-electron chi connectivity index (χ4n) is 4.30. The van der Waals surface area contributed by atoms with E-state index < -0.39 is 17.2 Å². The predicted octanol–water partition coefficient (Wildman–Crippen LogP) is 7.23.